The molecule has 0 saturated heterocycles. The number of amidine groups is 1. The zero-order chi connectivity index (χ0) is 13.8. The molecule has 0 aromatic heterocycles. The van der Waals surface area contributed by atoms with Crippen LogP contribution in [-0.4, -0.2) is 23.8 Å². The molecular formula is C10H10BrF3N2O2. The molecule has 0 saturated carbocycles. The number of hydrogen-bond donors (Lipinski definition) is 2. The molecule has 100 valence electrons. The normalized spacial score (nSPS) is 12.6. The van der Waals surface area contributed by atoms with Crippen molar-refractivity contribution < 1.29 is 23.1 Å². The van der Waals surface area contributed by atoms with Gasteiger partial charge in [0.2, 0.25) is 0 Å². The number of oxime groups is 1. The van der Waals surface area contributed by atoms with Gasteiger partial charge >= 0.3 is 6.18 Å². The van der Waals surface area contributed by atoms with E-state index >= 15 is 0 Å². The molecule has 3 N–H and O–H groups in total. The minimum absolute atomic E-state index is 0.115. The lowest BCUT2D eigenvalue weighted by molar-refractivity contribution is -0.139. The Bertz CT molecular complexity index is 449. The molecule has 0 spiro atoms. The van der Waals surface area contributed by atoms with Gasteiger partial charge in [0.1, 0.15) is 5.75 Å². The van der Waals surface area contributed by atoms with Crippen molar-refractivity contribution in [3.05, 3.63) is 28.2 Å². The highest BCUT2D eigenvalue weighted by Gasteiger charge is 2.27. The maximum atomic E-state index is 12.0. The number of alkyl halides is 3. The summed E-state index contributed by atoms with van der Waals surface area (Å²) in [5, 5.41) is 11.3. The molecule has 0 heterocycles. The first-order valence-electron chi connectivity index (χ1n) is 4.80. The smallest absolute Gasteiger partial charge is 0.392 e. The Labute approximate surface area is 109 Å². The zero-order valence-corrected chi connectivity index (χ0v) is 10.6. The van der Waals surface area contributed by atoms with Gasteiger partial charge < -0.3 is 15.7 Å². The monoisotopic (exact) mass is 326 g/mol. The molecule has 0 aliphatic carbocycles. The molecule has 0 aliphatic heterocycles. The van der Waals surface area contributed by atoms with Crippen LogP contribution < -0.4 is 10.5 Å². The molecule has 18 heavy (non-hydrogen) atoms. The molecular weight excluding hydrogens is 317 g/mol. The summed E-state index contributed by atoms with van der Waals surface area (Å²) in [6.07, 6.45) is -5.36. The molecule has 1 aromatic rings. The van der Waals surface area contributed by atoms with Crippen LogP contribution in [0.4, 0.5) is 13.2 Å². The second-order valence-electron chi connectivity index (χ2n) is 3.34. The lowest BCUT2D eigenvalue weighted by Crippen LogP contribution is -2.17. The Balaban J connectivity index is 2.83. The topological polar surface area (TPSA) is 67.8 Å². The number of rotatable bonds is 4. The number of hydrogen-bond acceptors (Lipinski definition) is 3. The Morgan fingerprint density at radius 1 is 1.44 bits per heavy atom. The Kier molecular flexibility index (Phi) is 4.83. The van der Waals surface area contributed by atoms with Gasteiger partial charge in [-0.1, -0.05) is 21.1 Å². The fourth-order valence-corrected chi connectivity index (χ4v) is 1.50. The highest BCUT2D eigenvalue weighted by molar-refractivity contribution is 9.10. The van der Waals surface area contributed by atoms with Crippen LogP contribution in [0.3, 0.4) is 0 Å². The second-order valence-corrected chi connectivity index (χ2v) is 4.26. The minimum atomic E-state index is -4.29. The van der Waals surface area contributed by atoms with Gasteiger partial charge in [-0.3, -0.25) is 0 Å². The maximum absolute atomic E-state index is 12.0. The van der Waals surface area contributed by atoms with Gasteiger partial charge in [-0.2, -0.15) is 13.2 Å². The van der Waals surface area contributed by atoms with E-state index in [0.717, 1.165) is 0 Å². The lowest BCUT2D eigenvalue weighted by Gasteiger charge is -2.12. The molecule has 1 rings (SSSR count). The van der Waals surface area contributed by atoms with Crippen molar-refractivity contribution in [3.63, 3.8) is 0 Å². The predicted molar refractivity (Wildman–Crippen MR) is 62.8 cm³/mol. The number of nitrogens with zero attached hydrogens (tertiary/aromatic N) is 1. The van der Waals surface area contributed by atoms with E-state index in [2.05, 4.69) is 21.1 Å². The predicted octanol–water partition coefficient (Wildman–Crippen LogP) is 2.87. The maximum Gasteiger partial charge on any atom is 0.392 e. The third-order valence-corrected chi connectivity index (χ3v) is 2.46. The van der Waals surface area contributed by atoms with Crippen molar-refractivity contribution >= 4 is 21.8 Å². The van der Waals surface area contributed by atoms with Gasteiger partial charge in [0.15, 0.2) is 5.84 Å². The lowest BCUT2D eigenvalue weighted by atomic mass is 10.2. The van der Waals surface area contributed by atoms with Crippen LogP contribution in [0.5, 0.6) is 5.75 Å². The quantitative estimate of drug-likeness (QED) is 0.387. The average Bonchev–Trinajstić information content (AvgIpc) is 2.26. The molecule has 0 radical (unpaired) electrons. The highest BCUT2D eigenvalue weighted by atomic mass is 79.9. The summed E-state index contributed by atoms with van der Waals surface area (Å²) in [7, 11) is 0. The Morgan fingerprint density at radius 2 is 2.11 bits per heavy atom. The summed E-state index contributed by atoms with van der Waals surface area (Å²) >= 11 is 3.15. The van der Waals surface area contributed by atoms with Crippen LogP contribution in [-0.2, 0) is 0 Å². The third-order valence-electron chi connectivity index (χ3n) is 1.97. The Morgan fingerprint density at radius 3 is 2.67 bits per heavy atom. The molecule has 0 fully saturated rings. The van der Waals surface area contributed by atoms with Crippen molar-refractivity contribution in [2.45, 2.75) is 12.6 Å². The largest absolute Gasteiger partial charge is 0.492 e. The van der Waals surface area contributed by atoms with Crippen LogP contribution in [0.1, 0.15) is 12.0 Å². The zero-order valence-electron chi connectivity index (χ0n) is 9.04. The first-order valence-corrected chi connectivity index (χ1v) is 5.60. The van der Waals surface area contributed by atoms with E-state index in [-0.39, 0.29) is 17.1 Å². The first kappa shape index (κ1) is 14.6. The fourth-order valence-electron chi connectivity index (χ4n) is 1.16. The molecule has 1 aromatic carbocycles. The highest BCUT2D eigenvalue weighted by Crippen LogP contribution is 2.25. The van der Waals surface area contributed by atoms with Gasteiger partial charge in [0, 0.05) is 4.47 Å². The Hall–Kier alpha value is -1.44. The molecule has 0 amide bonds. The van der Waals surface area contributed by atoms with Crippen LogP contribution in [0.2, 0.25) is 0 Å². The van der Waals surface area contributed by atoms with Crippen molar-refractivity contribution in [2.75, 3.05) is 6.61 Å². The van der Waals surface area contributed by atoms with Gasteiger partial charge in [-0.15, -0.1) is 0 Å². The van der Waals surface area contributed by atoms with Crippen LogP contribution >= 0.6 is 15.9 Å². The molecule has 4 nitrogen and oxygen atoms in total. The van der Waals surface area contributed by atoms with Crippen molar-refractivity contribution in [3.8, 4) is 5.75 Å². The summed E-state index contributed by atoms with van der Waals surface area (Å²) in [5.41, 5.74) is 5.61. The van der Waals surface area contributed by atoms with Crippen molar-refractivity contribution in [1.82, 2.24) is 0 Å². The SMILES string of the molecule is N/C(=N/O)c1ccc(Br)cc1OCCC(F)(F)F. The summed E-state index contributed by atoms with van der Waals surface area (Å²) in [4.78, 5) is 0. The molecule has 0 aliphatic rings. The van der Waals surface area contributed by atoms with Gasteiger partial charge in [0.05, 0.1) is 18.6 Å². The summed E-state index contributed by atoms with van der Waals surface area (Å²) in [5.74, 6) is -0.117. The van der Waals surface area contributed by atoms with Crippen LogP contribution in [0.25, 0.3) is 0 Å². The van der Waals surface area contributed by atoms with E-state index in [1.807, 2.05) is 0 Å². The van der Waals surface area contributed by atoms with E-state index < -0.39 is 19.2 Å². The fraction of sp³-hybridized carbons (Fsp3) is 0.300. The van der Waals surface area contributed by atoms with Gasteiger partial charge in [-0.25, -0.2) is 0 Å². The van der Waals surface area contributed by atoms with Crippen LogP contribution in [0, 0.1) is 0 Å². The third kappa shape index (κ3) is 4.44. The second kappa shape index (κ2) is 5.94. The molecule has 0 unspecified atom stereocenters. The summed E-state index contributed by atoms with van der Waals surface area (Å²) < 4.78 is 41.6. The van der Waals surface area contributed by atoms with E-state index in [0.29, 0.717) is 4.47 Å². The number of benzene rings is 1. The van der Waals surface area contributed by atoms with E-state index in [1.54, 1.807) is 6.07 Å². The van der Waals surface area contributed by atoms with Crippen LogP contribution in [0.15, 0.2) is 27.8 Å². The van der Waals surface area contributed by atoms with E-state index in [1.165, 1.54) is 12.1 Å². The summed E-state index contributed by atoms with van der Waals surface area (Å²) in [6.45, 7) is -0.536. The van der Waals surface area contributed by atoms with Gasteiger partial charge in [-0.05, 0) is 18.2 Å². The standard InChI is InChI=1S/C10H10BrF3N2O2/c11-6-1-2-7(9(15)16-17)8(5-6)18-4-3-10(12,13)14/h1-2,5,17H,3-4H2,(H2,15,16). The molecule has 0 atom stereocenters. The number of halogens is 4. The van der Waals surface area contributed by atoms with Gasteiger partial charge in [0.25, 0.3) is 0 Å². The molecule has 8 heteroatoms. The van der Waals surface area contributed by atoms with Crippen molar-refractivity contribution in [2.24, 2.45) is 10.9 Å². The molecule has 0 bridgehead atoms. The number of ether oxygens (including phenoxy) is 1. The van der Waals surface area contributed by atoms with E-state index in [4.69, 9.17) is 15.7 Å². The van der Waals surface area contributed by atoms with Crippen molar-refractivity contribution in [1.29, 1.82) is 0 Å². The summed E-state index contributed by atoms with van der Waals surface area (Å²) in [6, 6.07) is 4.52. The average molecular weight is 327 g/mol. The first-order chi connectivity index (χ1) is 8.33. The number of nitrogens with two attached hydrogens (primary N) is 1. The minimum Gasteiger partial charge on any atom is -0.492 e. The van der Waals surface area contributed by atoms with E-state index in [9.17, 15) is 13.2 Å².